The van der Waals surface area contributed by atoms with Crippen LogP contribution in [0.25, 0.3) is 39.6 Å². The molecule has 5 heteroatoms. The van der Waals surface area contributed by atoms with Gasteiger partial charge >= 0.3 is 0 Å². The summed E-state index contributed by atoms with van der Waals surface area (Å²) in [6.07, 6.45) is 2.11. The van der Waals surface area contributed by atoms with E-state index in [2.05, 4.69) is 72.1 Å². The van der Waals surface area contributed by atoms with Crippen LogP contribution in [-0.2, 0) is 0 Å². The molecule has 1 N–H and O–H groups in total. The number of hydrogen-bond acceptors (Lipinski definition) is 5. The van der Waals surface area contributed by atoms with Gasteiger partial charge in [0.05, 0.1) is 11.7 Å². The predicted molar refractivity (Wildman–Crippen MR) is 169 cm³/mol. The van der Waals surface area contributed by atoms with Gasteiger partial charge in [-0.2, -0.15) is 0 Å². The van der Waals surface area contributed by atoms with Crippen molar-refractivity contribution in [3.05, 3.63) is 169 Å². The van der Waals surface area contributed by atoms with E-state index in [1.165, 1.54) is 5.56 Å². The fraction of sp³-hybridized carbons (Fsp3) is 0.0270. The Balaban J connectivity index is 1.37. The summed E-state index contributed by atoms with van der Waals surface area (Å²) in [5.74, 6) is 2.57. The van der Waals surface area contributed by atoms with Crippen molar-refractivity contribution in [3.8, 4) is 33.9 Å². The van der Waals surface area contributed by atoms with Gasteiger partial charge in [-0.1, -0.05) is 140 Å². The number of benzene rings is 5. The number of aromatic nitrogens is 3. The highest BCUT2D eigenvalue weighted by atomic mass is 15.1. The van der Waals surface area contributed by atoms with Crippen molar-refractivity contribution in [2.75, 3.05) is 0 Å². The van der Waals surface area contributed by atoms with Crippen LogP contribution in [0.1, 0.15) is 23.0 Å². The molecule has 5 nitrogen and oxygen atoms in total. The second-order valence-corrected chi connectivity index (χ2v) is 10.0. The number of amidine groups is 1. The quantitative estimate of drug-likeness (QED) is 0.232. The smallest absolute Gasteiger partial charge is 0.180 e. The van der Waals surface area contributed by atoms with Crippen LogP contribution in [-0.4, -0.2) is 20.8 Å². The van der Waals surface area contributed by atoms with E-state index in [0.717, 1.165) is 39.3 Å². The first-order valence-corrected chi connectivity index (χ1v) is 13.9. The minimum absolute atomic E-state index is 0.239. The standard InChI is InChI=1S/C37H27N5/c1-5-14-26(15-6-1)30-22-13-23-31(24-30)32-25-33(39-34(38-32)27-16-7-2-8-17-27)37-41-35(28-18-9-3-10-19-28)40-36(42-37)29-20-11-4-12-21-29/h1-25,32H,(H,38,39). The van der Waals surface area contributed by atoms with Crippen molar-refractivity contribution >= 4 is 11.5 Å². The summed E-state index contributed by atoms with van der Waals surface area (Å²) in [5.41, 5.74) is 7.05. The minimum Gasteiger partial charge on any atom is -0.337 e. The van der Waals surface area contributed by atoms with Gasteiger partial charge < -0.3 is 5.32 Å². The molecule has 0 saturated carbocycles. The molecule has 5 aromatic carbocycles. The van der Waals surface area contributed by atoms with Gasteiger partial charge in [0.2, 0.25) is 0 Å². The number of nitrogens with zero attached hydrogens (tertiary/aromatic N) is 4. The van der Waals surface area contributed by atoms with E-state index in [0.29, 0.717) is 17.5 Å². The van der Waals surface area contributed by atoms with Gasteiger partial charge in [-0.05, 0) is 28.8 Å². The second kappa shape index (κ2) is 11.4. The zero-order valence-electron chi connectivity index (χ0n) is 22.8. The molecule has 1 aliphatic heterocycles. The van der Waals surface area contributed by atoms with Crippen LogP contribution in [0.5, 0.6) is 0 Å². The van der Waals surface area contributed by atoms with Gasteiger partial charge in [-0.3, -0.25) is 4.99 Å². The molecule has 7 rings (SSSR count). The summed E-state index contributed by atoms with van der Waals surface area (Å²) >= 11 is 0. The lowest BCUT2D eigenvalue weighted by atomic mass is 9.98. The molecule has 2 heterocycles. The Morgan fingerprint density at radius 1 is 0.429 bits per heavy atom. The first-order chi connectivity index (χ1) is 20.8. The van der Waals surface area contributed by atoms with Crippen molar-refractivity contribution in [1.29, 1.82) is 0 Å². The molecule has 0 aliphatic carbocycles. The van der Waals surface area contributed by atoms with Gasteiger partial charge in [0.25, 0.3) is 0 Å². The Morgan fingerprint density at radius 3 is 1.48 bits per heavy atom. The van der Waals surface area contributed by atoms with Crippen molar-refractivity contribution in [3.63, 3.8) is 0 Å². The largest absolute Gasteiger partial charge is 0.337 e. The second-order valence-electron chi connectivity index (χ2n) is 10.0. The maximum absolute atomic E-state index is 5.15. The normalized spacial score (nSPS) is 14.4. The summed E-state index contributed by atoms with van der Waals surface area (Å²) in [4.78, 5) is 19.9. The lowest BCUT2D eigenvalue weighted by Crippen LogP contribution is -2.28. The van der Waals surface area contributed by atoms with Crippen LogP contribution < -0.4 is 5.32 Å². The molecule has 1 atom stereocenters. The molecular formula is C37H27N5. The number of hydrogen-bond donors (Lipinski definition) is 1. The van der Waals surface area contributed by atoms with Crippen molar-refractivity contribution in [1.82, 2.24) is 20.3 Å². The van der Waals surface area contributed by atoms with E-state index in [4.69, 9.17) is 19.9 Å². The summed E-state index contributed by atoms with van der Waals surface area (Å²) in [5, 5.41) is 3.55. The number of aliphatic imine (C=N–C) groups is 1. The lowest BCUT2D eigenvalue weighted by Gasteiger charge is -2.23. The van der Waals surface area contributed by atoms with E-state index in [1.54, 1.807) is 0 Å². The molecule has 0 saturated heterocycles. The fourth-order valence-electron chi connectivity index (χ4n) is 5.04. The summed E-state index contributed by atoms with van der Waals surface area (Å²) in [6, 6.07) is 48.9. The highest BCUT2D eigenvalue weighted by Gasteiger charge is 2.22. The van der Waals surface area contributed by atoms with E-state index in [-0.39, 0.29) is 6.04 Å². The van der Waals surface area contributed by atoms with Gasteiger partial charge in [-0.25, -0.2) is 15.0 Å². The summed E-state index contributed by atoms with van der Waals surface area (Å²) in [6.45, 7) is 0. The van der Waals surface area contributed by atoms with Gasteiger partial charge in [0, 0.05) is 16.7 Å². The van der Waals surface area contributed by atoms with Crippen molar-refractivity contribution in [2.24, 2.45) is 4.99 Å². The van der Waals surface area contributed by atoms with Crippen LogP contribution in [0.15, 0.2) is 157 Å². The highest BCUT2D eigenvalue weighted by molar-refractivity contribution is 6.04. The number of rotatable bonds is 6. The average molecular weight is 542 g/mol. The molecule has 6 aromatic rings. The Kier molecular flexibility index (Phi) is 6.89. The average Bonchev–Trinajstić information content (AvgIpc) is 3.09. The zero-order chi connectivity index (χ0) is 28.1. The van der Waals surface area contributed by atoms with Gasteiger partial charge in [0.15, 0.2) is 17.5 Å². The molecule has 0 spiro atoms. The van der Waals surface area contributed by atoms with E-state index >= 15 is 0 Å². The van der Waals surface area contributed by atoms with Crippen molar-refractivity contribution < 1.29 is 0 Å². The Morgan fingerprint density at radius 2 is 0.905 bits per heavy atom. The molecule has 1 aliphatic rings. The Bertz CT molecular complexity index is 1830. The van der Waals surface area contributed by atoms with E-state index in [9.17, 15) is 0 Å². The molecule has 0 bridgehead atoms. The molecular weight excluding hydrogens is 514 g/mol. The Labute approximate surface area is 245 Å². The van der Waals surface area contributed by atoms with Crippen LogP contribution in [0.4, 0.5) is 0 Å². The van der Waals surface area contributed by atoms with E-state index in [1.807, 2.05) is 84.9 Å². The summed E-state index contributed by atoms with van der Waals surface area (Å²) in [7, 11) is 0. The maximum Gasteiger partial charge on any atom is 0.180 e. The van der Waals surface area contributed by atoms with Crippen LogP contribution in [0.3, 0.4) is 0 Å². The molecule has 1 unspecified atom stereocenters. The number of nitrogens with one attached hydrogen (secondary N) is 1. The summed E-state index contributed by atoms with van der Waals surface area (Å²) < 4.78 is 0. The van der Waals surface area contributed by atoms with Crippen LogP contribution in [0.2, 0.25) is 0 Å². The van der Waals surface area contributed by atoms with Crippen LogP contribution in [0, 0.1) is 0 Å². The lowest BCUT2D eigenvalue weighted by molar-refractivity contribution is 0.871. The zero-order valence-corrected chi connectivity index (χ0v) is 22.8. The molecule has 0 radical (unpaired) electrons. The van der Waals surface area contributed by atoms with Gasteiger partial charge in [-0.15, -0.1) is 0 Å². The monoisotopic (exact) mass is 541 g/mol. The Hall–Kier alpha value is -5.68. The SMILES string of the molecule is C1=C(c2nc(-c3ccccc3)nc(-c3ccccc3)n2)NC(c2ccccc2)=NC1c1cccc(-c2ccccc2)c1. The predicted octanol–water partition coefficient (Wildman–Crippen LogP) is 8.00. The molecule has 200 valence electrons. The van der Waals surface area contributed by atoms with Gasteiger partial charge in [0.1, 0.15) is 5.84 Å². The maximum atomic E-state index is 5.15. The third-order valence-corrected chi connectivity index (χ3v) is 7.17. The topological polar surface area (TPSA) is 63.1 Å². The molecule has 1 aromatic heterocycles. The third kappa shape index (κ3) is 5.36. The van der Waals surface area contributed by atoms with E-state index < -0.39 is 0 Å². The highest BCUT2D eigenvalue weighted by Crippen LogP contribution is 2.31. The van der Waals surface area contributed by atoms with Crippen molar-refractivity contribution in [2.45, 2.75) is 6.04 Å². The minimum atomic E-state index is -0.239. The third-order valence-electron chi connectivity index (χ3n) is 7.17. The van der Waals surface area contributed by atoms with Crippen LogP contribution >= 0.6 is 0 Å². The molecule has 0 fully saturated rings. The fourth-order valence-corrected chi connectivity index (χ4v) is 5.04. The first-order valence-electron chi connectivity index (χ1n) is 13.9. The molecule has 42 heavy (non-hydrogen) atoms. The first kappa shape index (κ1) is 25.3. The molecule has 0 amide bonds.